The van der Waals surface area contributed by atoms with Gasteiger partial charge in [-0.25, -0.2) is 4.39 Å². The molecule has 42 heavy (non-hydrogen) atoms. The molecule has 2 aromatic heterocycles. The lowest BCUT2D eigenvalue weighted by atomic mass is 10.1. The highest BCUT2D eigenvalue weighted by Crippen LogP contribution is 2.45. The number of Topliss-reactive ketones (excluding diaryl/α,β-unsaturated/α-hetero) is 3. The highest BCUT2D eigenvalue weighted by atomic mass is 32.1. The Morgan fingerprint density at radius 2 is 1.64 bits per heavy atom. The zero-order chi connectivity index (χ0) is 30.1. The molecule has 0 saturated heterocycles. The van der Waals surface area contributed by atoms with Crippen molar-refractivity contribution in [2.75, 3.05) is 20.8 Å². The number of ketones is 3. The summed E-state index contributed by atoms with van der Waals surface area (Å²) in [6, 6.07) is 8.75. The lowest BCUT2D eigenvalue weighted by Crippen LogP contribution is -2.05. The number of rotatable bonds is 14. The fraction of sp³-hybridized carbons (Fsp3) is 0.355. The summed E-state index contributed by atoms with van der Waals surface area (Å²) in [4.78, 5) is 48.6. The van der Waals surface area contributed by atoms with E-state index in [1.807, 2.05) is 12.1 Å². The molecule has 1 aliphatic carbocycles. The van der Waals surface area contributed by atoms with Crippen LogP contribution in [-0.4, -0.2) is 49.3 Å². The van der Waals surface area contributed by atoms with Crippen molar-refractivity contribution in [1.82, 2.24) is 0 Å². The Morgan fingerprint density at radius 1 is 0.929 bits per heavy atom. The molecule has 5 rings (SSSR count). The van der Waals surface area contributed by atoms with Crippen molar-refractivity contribution >= 4 is 66.2 Å². The number of ether oxygens (including phenoxy) is 3. The number of benzene rings is 2. The van der Waals surface area contributed by atoms with Crippen molar-refractivity contribution in [3.05, 3.63) is 51.5 Å². The van der Waals surface area contributed by atoms with Crippen molar-refractivity contribution in [2.45, 2.75) is 39.0 Å². The van der Waals surface area contributed by atoms with Crippen LogP contribution in [0.5, 0.6) is 17.2 Å². The summed E-state index contributed by atoms with van der Waals surface area (Å²) in [5.74, 6) is -1.68. The average molecular weight is 613 g/mol. The SMILES string of the molecule is COc1cc2sc(C(=O)CCC(=O)O)cc2cc1CCCOc1c(OC)cc2sc(C(=O)[C@@H]3C[C@H]3C(C)=O)cc2c1F. The fourth-order valence-corrected chi connectivity index (χ4v) is 7.17. The van der Waals surface area contributed by atoms with E-state index < -0.39 is 11.8 Å². The standard InChI is InChI=1S/C31H29FO8S2/c1-15(33)18-11-19(18)30(37)27-12-20-25(42-27)14-23(39-3)31(29(20)32)40-8-4-5-16-9-17-10-26(21(34)6-7-28(35)36)41-24(17)13-22(16)38-2/h9-10,12-14,18-19H,4-8,11H2,1-3H3,(H,35,36)/t18-,19+/m0/s1. The number of carbonyl (C=O) groups is 4. The van der Waals surface area contributed by atoms with Gasteiger partial charge < -0.3 is 19.3 Å². The van der Waals surface area contributed by atoms with Gasteiger partial charge in [-0.2, -0.15) is 0 Å². The molecular formula is C31H29FO8S2. The van der Waals surface area contributed by atoms with Crippen molar-refractivity contribution in [1.29, 1.82) is 0 Å². The maximum absolute atomic E-state index is 15.6. The van der Waals surface area contributed by atoms with Gasteiger partial charge in [-0.05, 0) is 61.4 Å². The summed E-state index contributed by atoms with van der Waals surface area (Å²) >= 11 is 2.48. The number of halogens is 1. The fourth-order valence-electron chi connectivity index (χ4n) is 5.04. The molecule has 1 saturated carbocycles. The Balaban J connectivity index is 1.28. The third-order valence-corrected chi connectivity index (χ3v) is 9.63. The zero-order valence-corrected chi connectivity index (χ0v) is 24.9. The Hall–Kier alpha value is -3.83. The molecule has 0 bridgehead atoms. The molecule has 2 heterocycles. The van der Waals surface area contributed by atoms with E-state index in [0.717, 1.165) is 15.6 Å². The molecular weight excluding hydrogens is 583 g/mol. The molecule has 220 valence electrons. The molecule has 0 aliphatic heterocycles. The smallest absolute Gasteiger partial charge is 0.303 e. The number of hydrogen-bond acceptors (Lipinski definition) is 9. The first-order chi connectivity index (χ1) is 20.1. The molecule has 1 aliphatic rings. The largest absolute Gasteiger partial charge is 0.496 e. The molecule has 4 aromatic rings. The van der Waals surface area contributed by atoms with E-state index >= 15 is 4.39 Å². The van der Waals surface area contributed by atoms with Crippen LogP contribution < -0.4 is 14.2 Å². The van der Waals surface area contributed by atoms with Crippen molar-refractivity contribution in [3.63, 3.8) is 0 Å². The summed E-state index contributed by atoms with van der Waals surface area (Å²) in [5.41, 5.74) is 0.892. The van der Waals surface area contributed by atoms with Gasteiger partial charge in [0.05, 0.1) is 37.0 Å². The summed E-state index contributed by atoms with van der Waals surface area (Å²) in [5, 5.41) is 9.99. The highest BCUT2D eigenvalue weighted by Gasteiger charge is 2.46. The first-order valence-electron chi connectivity index (χ1n) is 13.4. The first kappa shape index (κ1) is 29.7. The normalized spacial score (nSPS) is 16.0. The number of aryl methyl sites for hydroxylation is 1. The van der Waals surface area contributed by atoms with Gasteiger partial charge in [0.15, 0.2) is 28.9 Å². The topological polar surface area (TPSA) is 116 Å². The Morgan fingerprint density at radius 3 is 2.31 bits per heavy atom. The summed E-state index contributed by atoms with van der Waals surface area (Å²) in [6.45, 7) is 1.67. The van der Waals surface area contributed by atoms with E-state index in [9.17, 15) is 19.2 Å². The second-order valence-electron chi connectivity index (χ2n) is 10.2. The van der Waals surface area contributed by atoms with Crippen LogP contribution in [0.3, 0.4) is 0 Å². The van der Waals surface area contributed by atoms with Gasteiger partial charge in [-0.15, -0.1) is 22.7 Å². The van der Waals surface area contributed by atoms with E-state index in [0.29, 0.717) is 39.5 Å². The number of hydrogen-bond donors (Lipinski definition) is 1. The van der Waals surface area contributed by atoms with E-state index in [1.54, 1.807) is 19.2 Å². The summed E-state index contributed by atoms with van der Waals surface area (Å²) < 4.78 is 33.8. The maximum Gasteiger partial charge on any atom is 0.303 e. The number of carboxylic acids is 1. The van der Waals surface area contributed by atoms with E-state index in [1.165, 1.54) is 42.8 Å². The van der Waals surface area contributed by atoms with Gasteiger partial charge in [0.2, 0.25) is 0 Å². The Kier molecular flexibility index (Phi) is 8.60. The second kappa shape index (κ2) is 12.2. The summed E-state index contributed by atoms with van der Waals surface area (Å²) in [7, 11) is 2.99. The lowest BCUT2D eigenvalue weighted by molar-refractivity contribution is -0.137. The van der Waals surface area contributed by atoms with E-state index in [4.69, 9.17) is 19.3 Å². The molecule has 1 fully saturated rings. The molecule has 0 amide bonds. The van der Waals surface area contributed by atoms with Crippen LogP contribution >= 0.6 is 22.7 Å². The second-order valence-corrected chi connectivity index (χ2v) is 12.4. The molecule has 2 atom stereocenters. The molecule has 1 N–H and O–H groups in total. The van der Waals surface area contributed by atoms with E-state index in [2.05, 4.69) is 0 Å². The first-order valence-corrected chi connectivity index (χ1v) is 15.1. The highest BCUT2D eigenvalue weighted by molar-refractivity contribution is 7.21. The minimum atomic E-state index is -1.01. The van der Waals surface area contributed by atoms with Gasteiger partial charge in [-0.1, -0.05) is 0 Å². The quantitative estimate of drug-likeness (QED) is 0.123. The van der Waals surface area contributed by atoms with Crippen molar-refractivity contribution in [2.24, 2.45) is 11.8 Å². The van der Waals surface area contributed by atoms with Crippen LogP contribution in [0.1, 0.15) is 57.5 Å². The van der Waals surface area contributed by atoms with Crippen LogP contribution in [-0.2, 0) is 16.0 Å². The molecule has 11 heteroatoms. The maximum atomic E-state index is 15.6. The van der Waals surface area contributed by atoms with Gasteiger partial charge in [0.25, 0.3) is 0 Å². The van der Waals surface area contributed by atoms with Gasteiger partial charge in [0.1, 0.15) is 11.5 Å². The molecule has 8 nitrogen and oxygen atoms in total. The number of aliphatic carboxylic acids is 1. The molecule has 0 spiro atoms. The monoisotopic (exact) mass is 612 g/mol. The van der Waals surface area contributed by atoms with Crippen LogP contribution in [0.15, 0.2) is 30.3 Å². The molecule has 2 aromatic carbocycles. The zero-order valence-electron chi connectivity index (χ0n) is 23.3. The van der Waals surface area contributed by atoms with Crippen molar-refractivity contribution < 1.29 is 42.9 Å². The minimum Gasteiger partial charge on any atom is -0.496 e. The van der Waals surface area contributed by atoms with Gasteiger partial charge in [0, 0.05) is 39.1 Å². The van der Waals surface area contributed by atoms with Crippen molar-refractivity contribution in [3.8, 4) is 17.2 Å². The minimum absolute atomic E-state index is 0.00121. The number of thiophene rings is 2. The summed E-state index contributed by atoms with van der Waals surface area (Å²) in [6.07, 6.45) is 1.35. The van der Waals surface area contributed by atoms with Crippen LogP contribution in [0.4, 0.5) is 4.39 Å². The molecule has 0 radical (unpaired) electrons. The van der Waals surface area contributed by atoms with Crippen LogP contribution in [0.25, 0.3) is 20.2 Å². The third-order valence-electron chi connectivity index (χ3n) is 7.39. The van der Waals surface area contributed by atoms with Crippen LogP contribution in [0, 0.1) is 17.7 Å². The number of carbonyl (C=O) groups excluding carboxylic acids is 3. The number of fused-ring (bicyclic) bond motifs is 2. The van der Waals surface area contributed by atoms with Crippen LogP contribution in [0.2, 0.25) is 0 Å². The number of carboxylic acid groups (broad SMARTS) is 1. The van der Waals surface area contributed by atoms with Gasteiger partial charge in [-0.3, -0.25) is 19.2 Å². The predicted molar refractivity (Wildman–Crippen MR) is 158 cm³/mol. The Bertz CT molecular complexity index is 1720. The lowest BCUT2D eigenvalue weighted by Gasteiger charge is -2.13. The molecule has 0 unspecified atom stereocenters. The van der Waals surface area contributed by atoms with Gasteiger partial charge >= 0.3 is 5.97 Å². The third kappa shape index (κ3) is 6.03. The average Bonchev–Trinajstić information content (AvgIpc) is 3.49. The van der Waals surface area contributed by atoms with E-state index in [-0.39, 0.29) is 65.5 Å². The Labute approximate surface area is 249 Å². The number of methoxy groups -OCH3 is 2. The predicted octanol–water partition coefficient (Wildman–Crippen LogP) is 6.74.